The van der Waals surface area contributed by atoms with Crippen molar-refractivity contribution in [2.24, 2.45) is 0 Å². The van der Waals surface area contributed by atoms with Crippen molar-refractivity contribution in [2.75, 3.05) is 5.32 Å². The molecule has 0 heterocycles. The molecule has 20 heavy (non-hydrogen) atoms. The molecule has 0 aliphatic heterocycles. The molecule has 0 saturated carbocycles. The zero-order valence-electron chi connectivity index (χ0n) is 10.1. The average Bonchev–Trinajstić information content (AvgIpc) is 2.41. The molecule has 104 valence electrons. The first-order chi connectivity index (χ1) is 9.47. The average molecular weight is 297 g/mol. The van der Waals surface area contributed by atoms with E-state index in [0.717, 1.165) is 17.7 Å². The van der Waals surface area contributed by atoms with E-state index in [4.69, 9.17) is 11.6 Å². The molecular formula is C13H10ClFN2O3. The molecule has 0 radical (unpaired) electrons. The lowest BCUT2D eigenvalue weighted by atomic mass is 10.2. The van der Waals surface area contributed by atoms with Crippen LogP contribution in [0.4, 0.5) is 15.8 Å². The van der Waals surface area contributed by atoms with E-state index in [9.17, 15) is 19.6 Å². The number of benzene rings is 2. The number of hydrogen-bond acceptors (Lipinski definition) is 4. The molecule has 0 fully saturated rings. The molecule has 0 bridgehead atoms. The highest BCUT2D eigenvalue weighted by molar-refractivity contribution is 6.32. The van der Waals surface area contributed by atoms with Crippen molar-refractivity contribution in [1.29, 1.82) is 0 Å². The molecule has 2 rings (SSSR count). The van der Waals surface area contributed by atoms with E-state index < -0.39 is 16.4 Å². The highest BCUT2D eigenvalue weighted by atomic mass is 35.5. The molecule has 2 N–H and O–H groups in total. The Morgan fingerprint density at radius 1 is 1.30 bits per heavy atom. The number of halogens is 2. The van der Waals surface area contributed by atoms with Crippen molar-refractivity contribution in [2.45, 2.75) is 6.54 Å². The lowest BCUT2D eigenvalue weighted by molar-refractivity contribution is -0.387. The highest BCUT2D eigenvalue weighted by Crippen LogP contribution is 2.25. The predicted molar refractivity (Wildman–Crippen MR) is 73.5 cm³/mol. The van der Waals surface area contributed by atoms with Crippen LogP contribution in [-0.4, -0.2) is 10.0 Å². The van der Waals surface area contributed by atoms with Gasteiger partial charge < -0.3 is 10.4 Å². The fraction of sp³-hybridized carbons (Fsp3) is 0.0769. The van der Waals surface area contributed by atoms with Crippen LogP contribution in [-0.2, 0) is 6.54 Å². The number of anilines is 1. The topological polar surface area (TPSA) is 75.4 Å². The Balaban J connectivity index is 2.12. The van der Waals surface area contributed by atoms with Gasteiger partial charge in [0.2, 0.25) is 5.82 Å². The van der Waals surface area contributed by atoms with Crippen LogP contribution in [0.15, 0.2) is 36.4 Å². The van der Waals surface area contributed by atoms with E-state index in [1.807, 2.05) is 0 Å². The SMILES string of the molecule is O=[N+]([O-])c1cc(NCc2ccc(O)c(Cl)c2)ccc1F. The number of phenols is 1. The largest absolute Gasteiger partial charge is 0.506 e. The van der Waals surface area contributed by atoms with Crippen molar-refractivity contribution in [3.8, 4) is 5.75 Å². The maximum atomic E-state index is 13.2. The number of nitrogens with one attached hydrogen (secondary N) is 1. The maximum Gasteiger partial charge on any atom is 0.306 e. The summed E-state index contributed by atoms with van der Waals surface area (Å²) in [5, 5.41) is 23.0. The van der Waals surface area contributed by atoms with E-state index in [2.05, 4.69) is 5.32 Å². The standard InChI is InChI=1S/C13H10ClFN2O3/c14-10-5-8(1-4-13(10)18)7-16-9-2-3-11(15)12(6-9)17(19)20/h1-6,16,18H,7H2. The van der Waals surface area contributed by atoms with Gasteiger partial charge >= 0.3 is 5.69 Å². The van der Waals surface area contributed by atoms with Crippen molar-refractivity contribution >= 4 is 23.0 Å². The summed E-state index contributed by atoms with van der Waals surface area (Å²) in [6, 6.07) is 8.24. The molecule has 5 nitrogen and oxygen atoms in total. The molecule has 0 aromatic heterocycles. The number of nitro groups is 1. The molecule has 0 atom stereocenters. The first-order valence-corrected chi connectivity index (χ1v) is 6.00. The van der Waals surface area contributed by atoms with E-state index >= 15 is 0 Å². The number of nitrogens with zero attached hydrogens (tertiary/aromatic N) is 1. The summed E-state index contributed by atoms with van der Waals surface area (Å²) in [5.74, 6) is -0.902. The Kier molecular flexibility index (Phi) is 4.05. The van der Waals surface area contributed by atoms with Gasteiger partial charge in [0.15, 0.2) is 0 Å². The third-order valence-corrected chi connectivity index (χ3v) is 2.95. The Hall–Kier alpha value is -2.34. The van der Waals surface area contributed by atoms with Crippen LogP contribution in [0.25, 0.3) is 0 Å². The van der Waals surface area contributed by atoms with Crippen LogP contribution in [0, 0.1) is 15.9 Å². The van der Waals surface area contributed by atoms with Gasteiger partial charge in [-0.1, -0.05) is 17.7 Å². The molecular weight excluding hydrogens is 287 g/mol. The summed E-state index contributed by atoms with van der Waals surface area (Å²) >= 11 is 5.77. The van der Waals surface area contributed by atoms with Gasteiger partial charge in [-0.05, 0) is 29.8 Å². The molecule has 7 heteroatoms. The molecule has 0 aliphatic rings. The van der Waals surface area contributed by atoms with Crippen LogP contribution in [0.2, 0.25) is 5.02 Å². The maximum absolute atomic E-state index is 13.2. The number of rotatable bonds is 4. The fourth-order valence-corrected chi connectivity index (χ4v) is 1.83. The van der Waals surface area contributed by atoms with Crippen molar-refractivity contribution in [3.63, 3.8) is 0 Å². The minimum Gasteiger partial charge on any atom is -0.506 e. The van der Waals surface area contributed by atoms with Crippen molar-refractivity contribution in [1.82, 2.24) is 0 Å². The van der Waals surface area contributed by atoms with Crippen LogP contribution in [0.3, 0.4) is 0 Å². The Bertz CT molecular complexity index is 664. The lowest BCUT2D eigenvalue weighted by Gasteiger charge is -2.07. The molecule has 0 aliphatic carbocycles. The van der Waals surface area contributed by atoms with E-state index in [1.54, 1.807) is 12.1 Å². The van der Waals surface area contributed by atoms with E-state index in [1.165, 1.54) is 12.1 Å². The zero-order valence-corrected chi connectivity index (χ0v) is 10.9. The normalized spacial score (nSPS) is 10.3. The second-order valence-corrected chi connectivity index (χ2v) is 4.47. The number of phenolic OH excluding ortho intramolecular Hbond substituents is 1. The highest BCUT2D eigenvalue weighted by Gasteiger charge is 2.14. The van der Waals surface area contributed by atoms with Gasteiger partial charge in [-0.2, -0.15) is 4.39 Å². The number of nitro benzene ring substituents is 1. The predicted octanol–water partition coefficient (Wildman–Crippen LogP) is 3.71. The second-order valence-electron chi connectivity index (χ2n) is 4.06. The summed E-state index contributed by atoms with van der Waals surface area (Å²) < 4.78 is 13.2. The monoisotopic (exact) mass is 296 g/mol. The Labute approximate surface area is 118 Å². The van der Waals surface area contributed by atoms with Gasteiger partial charge in [-0.25, -0.2) is 0 Å². The molecule has 2 aromatic carbocycles. The summed E-state index contributed by atoms with van der Waals surface area (Å²) in [5.41, 5.74) is 0.612. The third-order valence-electron chi connectivity index (χ3n) is 2.65. The first kappa shape index (κ1) is 14.1. The zero-order chi connectivity index (χ0) is 14.7. The molecule has 0 unspecified atom stereocenters. The Morgan fingerprint density at radius 3 is 2.70 bits per heavy atom. The number of aromatic hydroxyl groups is 1. The minimum absolute atomic E-state index is 0.0205. The van der Waals surface area contributed by atoms with E-state index in [-0.39, 0.29) is 10.8 Å². The van der Waals surface area contributed by atoms with Crippen LogP contribution < -0.4 is 5.32 Å². The summed E-state index contributed by atoms with van der Waals surface area (Å²) in [6.45, 7) is 0.336. The summed E-state index contributed by atoms with van der Waals surface area (Å²) in [6.07, 6.45) is 0. The van der Waals surface area contributed by atoms with Gasteiger partial charge in [0, 0.05) is 18.3 Å². The van der Waals surface area contributed by atoms with Gasteiger partial charge in [0.25, 0.3) is 0 Å². The van der Waals surface area contributed by atoms with Crippen LogP contribution in [0.1, 0.15) is 5.56 Å². The minimum atomic E-state index is -0.881. The Morgan fingerprint density at radius 2 is 2.05 bits per heavy atom. The van der Waals surface area contributed by atoms with Crippen molar-refractivity contribution in [3.05, 3.63) is 62.9 Å². The van der Waals surface area contributed by atoms with Crippen molar-refractivity contribution < 1.29 is 14.4 Å². The first-order valence-electron chi connectivity index (χ1n) is 5.62. The summed E-state index contributed by atoms with van der Waals surface area (Å²) in [4.78, 5) is 9.84. The number of hydrogen-bond donors (Lipinski definition) is 2. The van der Waals surface area contributed by atoms with Gasteiger partial charge in [0.05, 0.1) is 9.95 Å². The van der Waals surface area contributed by atoms with Crippen LogP contribution in [0.5, 0.6) is 5.75 Å². The molecule has 0 saturated heterocycles. The van der Waals surface area contributed by atoms with Gasteiger partial charge in [-0.3, -0.25) is 10.1 Å². The third kappa shape index (κ3) is 3.16. The smallest absolute Gasteiger partial charge is 0.306 e. The molecule has 0 amide bonds. The molecule has 2 aromatic rings. The fourth-order valence-electron chi connectivity index (χ4n) is 1.63. The molecule has 0 spiro atoms. The van der Waals surface area contributed by atoms with E-state index in [0.29, 0.717) is 12.2 Å². The lowest BCUT2D eigenvalue weighted by Crippen LogP contribution is -2.01. The van der Waals surface area contributed by atoms with Gasteiger partial charge in [0.1, 0.15) is 5.75 Å². The summed E-state index contributed by atoms with van der Waals surface area (Å²) in [7, 11) is 0. The quantitative estimate of drug-likeness (QED) is 0.666. The second kappa shape index (κ2) is 5.75. The van der Waals surface area contributed by atoms with Crippen LogP contribution >= 0.6 is 11.6 Å². The van der Waals surface area contributed by atoms with Gasteiger partial charge in [-0.15, -0.1) is 0 Å².